The normalized spacial score (nSPS) is 15.5. The summed E-state index contributed by atoms with van der Waals surface area (Å²) in [5.41, 5.74) is 1.64. The fourth-order valence-corrected chi connectivity index (χ4v) is 3.63. The molecule has 0 aliphatic carbocycles. The van der Waals surface area contributed by atoms with E-state index < -0.39 is 0 Å². The molecule has 116 valence electrons. The summed E-state index contributed by atoms with van der Waals surface area (Å²) in [5.74, 6) is -0.292. The molecule has 0 radical (unpaired) electrons. The quantitative estimate of drug-likeness (QED) is 0.840. The van der Waals surface area contributed by atoms with Crippen LogP contribution in [0.4, 0.5) is 5.69 Å². The van der Waals surface area contributed by atoms with Gasteiger partial charge in [-0.3, -0.25) is 14.3 Å². The molecule has 6 nitrogen and oxygen atoms in total. The zero-order valence-electron chi connectivity index (χ0n) is 12.2. The molecule has 0 atom stereocenters. The smallest absolute Gasteiger partial charge is 0.265 e. The van der Waals surface area contributed by atoms with E-state index in [-0.39, 0.29) is 18.4 Å². The summed E-state index contributed by atoms with van der Waals surface area (Å²) in [7, 11) is 1.80. The van der Waals surface area contributed by atoms with Crippen LogP contribution in [0.2, 0.25) is 5.02 Å². The van der Waals surface area contributed by atoms with Crippen molar-refractivity contribution >= 4 is 40.4 Å². The minimum absolute atomic E-state index is 0.0566. The van der Waals surface area contributed by atoms with Gasteiger partial charge in [0.1, 0.15) is 11.4 Å². The maximum atomic E-state index is 12.5. The summed E-state index contributed by atoms with van der Waals surface area (Å²) < 4.78 is 1.65. The van der Waals surface area contributed by atoms with Gasteiger partial charge in [-0.25, -0.2) is 0 Å². The lowest BCUT2D eigenvalue weighted by Crippen LogP contribution is -2.52. The zero-order valence-corrected chi connectivity index (χ0v) is 13.8. The maximum Gasteiger partial charge on any atom is 0.265 e. The lowest BCUT2D eigenvalue weighted by atomic mass is 10.2. The third-order valence-corrected chi connectivity index (χ3v) is 5.29. The lowest BCUT2D eigenvalue weighted by molar-refractivity contribution is -0.120. The Bertz CT molecular complexity index is 739. The zero-order chi connectivity index (χ0) is 15.9. The molecule has 3 rings (SSSR count). The van der Waals surface area contributed by atoms with Crippen molar-refractivity contribution in [2.24, 2.45) is 7.05 Å². The lowest BCUT2D eigenvalue weighted by Gasteiger charge is -2.33. The van der Waals surface area contributed by atoms with Gasteiger partial charge in [0.2, 0.25) is 5.91 Å². The number of anilines is 1. The number of hydrogen-bond acceptors (Lipinski definition) is 4. The van der Waals surface area contributed by atoms with Crippen molar-refractivity contribution in [2.45, 2.75) is 6.92 Å². The number of amides is 2. The highest BCUT2D eigenvalue weighted by Crippen LogP contribution is 2.29. The number of piperazine rings is 1. The Labute approximate surface area is 136 Å². The van der Waals surface area contributed by atoms with Gasteiger partial charge < -0.3 is 9.80 Å². The van der Waals surface area contributed by atoms with E-state index in [4.69, 9.17) is 11.6 Å². The SMILES string of the molecule is Cc1csc(C(=O)N2CCN(c3cnn(C)c3)C(=O)C2)c1Cl. The molecule has 22 heavy (non-hydrogen) atoms. The van der Waals surface area contributed by atoms with Crippen LogP contribution in [-0.2, 0) is 11.8 Å². The van der Waals surface area contributed by atoms with Gasteiger partial charge in [0.05, 0.1) is 16.9 Å². The van der Waals surface area contributed by atoms with Gasteiger partial charge in [-0.1, -0.05) is 11.6 Å². The fourth-order valence-electron chi connectivity index (χ4n) is 2.38. The average Bonchev–Trinajstić information content (AvgIpc) is 3.05. The summed E-state index contributed by atoms with van der Waals surface area (Å²) in [5, 5.41) is 6.40. The molecule has 0 N–H and O–H groups in total. The van der Waals surface area contributed by atoms with Crippen LogP contribution in [0.1, 0.15) is 15.2 Å². The highest BCUT2D eigenvalue weighted by molar-refractivity contribution is 7.13. The molecule has 0 aromatic carbocycles. The summed E-state index contributed by atoms with van der Waals surface area (Å²) in [6, 6.07) is 0. The first-order chi connectivity index (χ1) is 10.5. The van der Waals surface area contributed by atoms with Gasteiger partial charge in [-0.2, -0.15) is 5.10 Å². The molecule has 1 saturated heterocycles. The number of rotatable bonds is 2. The minimum atomic E-state index is -0.178. The van der Waals surface area contributed by atoms with Gasteiger partial charge in [0, 0.05) is 26.3 Å². The van der Waals surface area contributed by atoms with Crippen LogP contribution in [0.25, 0.3) is 0 Å². The van der Waals surface area contributed by atoms with Crippen molar-refractivity contribution in [1.29, 1.82) is 0 Å². The Kier molecular flexibility index (Phi) is 3.92. The van der Waals surface area contributed by atoms with E-state index in [0.717, 1.165) is 11.3 Å². The van der Waals surface area contributed by atoms with Crippen molar-refractivity contribution in [2.75, 3.05) is 24.5 Å². The number of thiophene rings is 1. The predicted octanol–water partition coefficient (Wildman–Crippen LogP) is 1.93. The van der Waals surface area contributed by atoms with Crippen LogP contribution in [0.3, 0.4) is 0 Å². The predicted molar refractivity (Wildman–Crippen MR) is 85.5 cm³/mol. The summed E-state index contributed by atoms with van der Waals surface area (Å²) in [4.78, 5) is 28.5. The van der Waals surface area contributed by atoms with Crippen LogP contribution in [0.15, 0.2) is 17.8 Å². The Morgan fingerprint density at radius 1 is 1.41 bits per heavy atom. The van der Waals surface area contributed by atoms with E-state index in [9.17, 15) is 9.59 Å². The number of aryl methyl sites for hydroxylation is 2. The number of hydrogen-bond donors (Lipinski definition) is 0. The Hall–Kier alpha value is -1.86. The average molecular weight is 339 g/mol. The van der Waals surface area contributed by atoms with Crippen molar-refractivity contribution in [3.63, 3.8) is 0 Å². The molecule has 0 unspecified atom stereocenters. The van der Waals surface area contributed by atoms with Crippen LogP contribution in [-0.4, -0.2) is 46.1 Å². The molecule has 1 aliphatic rings. The van der Waals surface area contributed by atoms with Crippen molar-refractivity contribution < 1.29 is 9.59 Å². The highest BCUT2D eigenvalue weighted by Gasteiger charge is 2.30. The molecule has 0 saturated carbocycles. The highest BCUT2D eigenvalue weighted by atomic mass is 35.5. The van der Waals surface area contributed by atoms with Crippen LogP contribution in [0, 0.1) is 6.92 Å². The molecule has 2 amide bonds. The molecule has 2 aromatic heterocycles. The first kappa shape index (κ1) is 15.1. The molecule has 0 spiro atoms. The summed E-state index contributed by atoms with van der Waals surface area (Å²) >= 11 is 7.46. The van der Waals surface area contributed by atoms with E-state index in [1.807, 2.05) is 12.3 Å². The maximum absolute atomic E-state index is 12.5. The first-order valence-electron chi connectivity index (χ1n) is 6.79. The molecule has 3 heterocycles. The van der Waals surface area contributed by atoms with Crippen LogP contribution < -0.4 is 4.90 Å². The van der Waals surface area contributed by atoms with Crippen LogP contribution >= 0.6 is 22.9 Å². The number of carbonyl (C=O) groups excluding carboxylic acids is 2. The molecule has 0 bridgehead atoms. The fraction of sp³-hybridized carbons (Fsp3) is 0.357. The molecular formula is C14H15ClN4O2S. The number of aromatic nitrogens is 2. The number of carbonyl (C=O) groups is 2. The van der Waals surface area contributed by atoms with E-state index in [1.54, 1.807) is 33.9 Å². The van der Waals surface area contributed by atoms with E-state index in [2.05, 4.69) is 5.10 Å². The molecular weight excluding hydrogens is 324 g/mol. The Morgan fingerprint density at radius 2 is 2.18 bits per heavy atom. The largest absolute Gasteiger partial charge is 0.327 e. The van der Waals surface area contributed by atoms with E-state index >= 15 is 0 Å². The minimum Gasteiger partial charge on any atom is -0.327 e. The topological polar surface area (TPSA) is 58.4 Å². The van der Waals surface area contributed by atoms with Gasteiger partial charge in [0.15, 0.2) is 0 Å². The van der Waals surface area contributed by atoms with Gasteiger partial charge in [-0.05, 0) is 17.9 Å². The third kappa shape index (κ3) is 2.62. The van der Waals surface area contributed by atoms with Crippen LogP contribution in [0.5, 0.6) is 0 Å². The van der Waals surface area contributed by atoms with Crippen molar-refractivity contribution in [3.8, 4) is 0 Å². The van der Waals surface area contributed by atoms with E-state index in [0.29, 0.717) is 23.0 Å². The number of nitrogens with zero attached hydrogens (tertiary/aromatic N) is 4. The molecule has 2 aromatic rings. The van der Waals surface area contributed by atoms with Gasteiger partial charge in [0.25, 0.3) is 5.91 Å². The molecule has 1 fully saturated rings. The second-order valence-electron chi connectivity index (χ2n) is 5.21. The number of halogens is 1. The Morgan fingerprint density at radius 3 is 2.73 bits per heavy atom. The van der Waals surface area contributed by atoms with Gasteiger partial charge in [-0.15, -0.1) is 11.3 Å². The standard InChI is InChI=1S/C14H15ClN4O2S/c1-9-8-22-13(12(9)15)14(21)18-3-4-19(11(20)7-18)10-5-16-17(2)6-10/h5-6,8H,3-4,7H2,1-2H3. The third-order valence-electron chi connectivity index (χ3n) is 3.60. The second kappa shape index (κ2) is 5.73. The van der Waals surface area contributed by atoms with Crippen molar-refractivity contribution in [3.05, 3.63) is 33.2 Å². The summed E-state index contributed by atoms with van der Waals surface area (Å²) in [6.07, 6.45) is 3.43. The molecule has 1 aliphatic heterocycles. The monoisotopic (exact) mass is 338 g/mol. The van der Waals surface area contributed by atoms with Crippen molar-refractivity contribution in [1.82, 2.24) is 14.7 Å². The first-order valence-corrected chi connectivity index (χ1v) is 8.05. The van der Waals surface area contributed by atoms with E-state index in [1.165, 1.54) is 11.3 Å². The summed E-state index contributed by atoms with van der Waals surface area (Å²) in [6.45, 7) is 2.85. The molecule has 8 heteroatoms. The van der Waals surface area contributed by atoms with Gasteiger partial charge >= 0.3 is 0 Å². The Balaban J connectivity index is 1.74. The second-order valence-corrected chi connectivity index (χ2v) is 6.46.